The Morgan fingerprint density at radius 3 is 2.67 bits per heavy atom. The summed E-state index contributed by atoms with van der Waals surface area (Å²) in [7, 11) is 0. The van der Waals surface area contributed by atoms with Crippen molar-refractivity contribution in [1.29, 1.82) is 0 Å². The van der Waals surface area contributed by atoms with Gasteiger partial charge in [0.05, 0.1) is 0 Å². The van der Waals surface area contributed by atoms with E-state index >= 15 is 0 Å². The third kappa shape index (κ3) is 2.48. The molecule has 1 saturated carbocycles. The maximum Gasteiger partial charge on any atom is 0.165 e. The third-order valence-electron chi connectivity index (χ3n) is 2.87. The molecule has 0 spiro atoms. The Morgan fingerprint density at radius 1 is 1.20 bits per heavy atom. The maximum atomic E-state index is 13.3. The first-order valence-electron chi connectivity index (χ1n) is 5.44. The first-order valence-corrected chi connectivity index (χ1v) is 5.44. The molecule has 2 nitrogen and oxygen atoms in total. The number of ether oxygens (including phenoxy) is 1. The van der Waals surface area contributed by atoms with Crippen molar-refractivity contribution in [2.75, 3.05) is 0 Å². The summed E-state index contributed by atoms with van der Waals surface area (Å²) in [6.07, 6.45) is 4.13. The topological polar surface area (TPSA) is 35.2 Å². The van der Waals surface area contributed by atoms with Crippen LogP contribution in [0.15, 0.2) is 24.3 Å². The lowest BCUT2D eigenvalue weighted by Gasteiger charge is -2.29. The van der Waals surface area contributed by atoms with Crippen molar-refractivity contribution < 1.29 is 9.13 Å². The van der Waals surface area contributed by atoms with Crippen molar-refractivity contribution in [2.24, 2.45) is 5.73 Å². The Morgan fingerprint density at radius 2 is 1.93 bits per heavy atom. The summed E-state index contributed by atoms with van der Waals surface area (Å²) in [4.78, 5) is 0. The molecule has 15 heavy (non-hydrogen) atoms. The number of para-hydroxylation sites is 1. The van der Waals surface area contributed by atoms with Crippen LogP contribution in [0.2, 0.25) is 0 Å². The lowest BCUT2D eigenvalue weighted by Crippen LogP contribution is -2.41. The van der Waals surface area contributed by atoms with E-state index in [9.17, 15) is 4.39 Å². The first-order chi connectivity index (χ1) is 7.27. The van der Waals surface area contributed by atoms with E-state index in [4.69, 9.17) is 10.5 Å². The van der Waals surface area contributed by atoms with Gasteiger partial charge in [0.1, 0.15) is 6.10 Å². The zero-order valence-corrected chi connectivity index (χ0v) is 8.66. The SMILES string of the molecule is N[C@@H]1CCCC[C@@H]1Oc1ccccc1F. The number of rotatable bonds is 2. The number of halogens is 1. The van der Waals surface area contributed by atoms with Gasteiger partial charge in [-0.3, -0.25) is 0 Å². The van der Waals surface area contributed by atoms with Crippen LogP contribution in [0, 0.1) is 5.82 Å². The lowest BCUT2D eigenvalue weighted by atomic mass is 9.93. The Balaban J connectivity index is 2.04. The predicted molar refractivity (Wildman–Crippen MR) is 57.3 cm³/mol. The van der Waals surface area contributed by atoms with Gasteiger partial charge in [-0.15, -0.1) is 0 Å². The molecule has 1 aliphatic carbocycles. The summed E-state index contributed by atoms with van der Waals surface area (Å²) >= 11 is 0. The smallest absolute Gasteiger partial charge is 0.165 e. The van der Waals surface area contributed by atoms with Crippen LogP contribution in [0.4, 0.5) is 4.39 Å². The van der Waals surface area contributed by atoms with Gasteiger partial charge in [-0.2, -0.15) is 0 Å². The van der Waals surface area contributed by atoms with Crippen LogP contribution in [0.3, 0.4) is 0 Å². The summed E-state index contributed by atoms with van der Waals surface area (Å²) in [5.41, 5.74) is 5.93. The number of hydrogen-bond donors (Lipinski definition) is 1. The minimum Gasteiger partial charge on any atom is -0.486 e. The van der Waals surface area contributed by atoms with Gasteiger partial charge in [-0.1, -0.05) is 18.6 Å². The normalized spacial score (nSPS) is 26.3. The second-order valence-electron chi connectivity index (χ2n) is 4.04. The standard InChI is InChI=1S/C12H16FNO/c13-9-5-1-3-7-11(9)15-12-8-4-2-6-10(12)14/h1,3,5,7,10,12H,2,4,6,8,14H2/t10-,12+/m1/s1. The van der Waals surface area contributed by atoms with Gasteiger partial charge in [0.2, 0.25) is 0 Å². The molecule has 1 aromatic carbocycles. The van der Waals surface area contributed by atoms with E-state index in [1.54, 1.807) is 18.2 Å². The summed E-state index contributed by atoms with van der Waals surface area (Å²) in [6.45, 7) is 0. The van der Waals surface area contributed by atoms with Gasteiger partial charge in [0.15, 0.2) is 11.6 Å². The van der Waals surface area contributed by atoms with Gasteiger partial charge in [0, 0.05) is 6.04 Å². The maximum absolute atomic E-state index is 13.3. The van der Waals surface area contributed by atoms with Crippen molar-refractivity contribution >= 4 is 0 Å². The quantitative estimate of drug-likeness (QED) is 0.812. The predicted octanol–water partition coefficient (Wildman–Crippen LogP) is 2.47. The minimum atomic E-state index is -0.310. The van der Waals surface area contributed by atoms with E-state index in [0.717, 1.165) is 25.7 Å². The molecule has 0 heterocycles. The zero-order chi connectivity index (χ0) is 10.7. The monoisotopic (exact) mass is 209 g/mol. The molecule has 82 valence electrons. The molecule has 2 N–H and O–H groups in total. The fourth-order valence-corrected chi connectivity index (χ4v) is 1.98. The molecule has 0 bridgehead atoms. The summed E-state index contributed by atoms with van der Waals surface area (Å²) in [5.74, 6) is 0.00937. The van der Waals surface area contributed by atoms with Gasteiger partial charge in [-0.25, -0.2) is 4.39 Å². The molecule has 0 unspecified atom stereocenters. The minimum absolute atomic E-state index is 0.0318. The largest absolute Gasteiger partial charge is 0.486 e. The summed E-state index contributed by atoms with van der Waals surface area (Å²) in [5, 5.41) is 0. The van der Waals surface area contributed by atoms with Gasteiger partial charge in [-0.05, 0) is 31.4 Å². The molecule has 2 rings (SSSR count). The molecule has 0 radical (unpaired) electrons. The molecule has 1 fully saturated rings. The van der Waals surface area contributed by atoms with Crippen molar-refractivity contribution in [3.8, 4) is 5.75 Å². The van der Waals surface area contributed by atoms with Crippen LogP contribution in [0.1, 0.15) is 25.7 Å². The molecule has 0 aromatic heterocycles. The van der Waals surface area contributed by atoms with E-state index in [0.29, 0.717) is 5.75 Å². The summed E-state index contributed by atoms with van der Waals surface area (Å²) in [6, 6.07) is 6.52. The Hall–Kier alpha value is -1.09. The van der Waals surface area contributed by atoms with Crippen molar-refractivity contribution in [3.63, 3.8) is 0 Å². The second kappa shape index (κ2) is 4.62. The first kappa shape index (κ1) is 10.4. The van der Waals surface area contributed by atoms with Crippen LogP contribution in [-0.2, 0) is 0 Å². The molecule has 3 heteroatoms. The Bertz CT molecular complexity index is 329. The zero-order valence-electron chi connectivity index (χ0n) is 8.66. The third-order valence-corrected chi connectivity index (χ3v) is 2.87. The molecule has 0 saturated heterocycles. The van der Waals surface area contributed by atoms with Crippen LogP contribution in [0.25, 0.3) is 0 Å². The molecule has 1 aliphatic rings. The van der Waals surface area contributed by atoms with E-state index in [2.05, 4.69) is 0 Å². The number of benzene rings is 1. The number of nitrogens with two attached hydrogens (primary N) is 1. The van der Waals surface area contributed by atoms with Crippen molar-refractivity contribution in [3.05, 3.63) is 30.1 Å². The molecular weight excluding hydrogens is 193 g/mol. The molecule has 1 aromatic rings. The fourth-order valence-electron chi connectivity index (χ4n) is 1.98. The van der Waals surface area contributed by atoms with Crippen LogP contribution < -0.4 is 10.5 Å². The van der Waals surface area contributed by atoms with Gasteiger partial charge >= 0.3 is 0 Å². The second-order valence-corrected chi connectivity index (χ2v) is 4.04. The average molecular weight is 209 g/mol. The molecule has 0 amide bonds. The van der Waals surface area contributed by atoms with Gasteiger partial charge < -0.3 is 10.5 Å². The molecule has 2 atom stereocenters. The van der Waals surface area contributed by atoms with Crippen LogP contribution >= 0.6 is 0 Å². The lowest BCUT2D eigenvalue weighted by molar-refractivity contribution is 0.127. The molecular formula is C12H16FNO. The molecule has 0 aliphatic heterocycles. The highest BCUT2D eigenvalue weighted by atomic mass is 19.1. The highest BCUT2D eigenvalue weighted by Crippen LogP contribution is 2.24. The highest BCUT2D eigenvalue weighted by molar-refractivity contribution is 5.24. The number of hydrogen-bond acceptors (Lipinski definition) is 2. The Labute approximate surface area is 89.2 Å². The average Bonchev–Trinajstić information content (AvgIpc) is 2.24. The van der Waals surface area contributed by atoms with Crippen LogP contribution in [0.5, 0.6) is 5.75 Å². The van der Waals surface area contributed by atoms with Crippen molar-refractivity contribution in [2.45, 2.75) is 37.8 Å². The highest BCUT2D eigenvalue weighted by Gasteiger charge is 2.24. The van der Waals surface area contributed by atoms with Crippen molar-refractivity contribution in [1.82, 2.24) is 0 Å². The van der Waals surface area contributed by atoms with E-state index in [1.807, 2.05) is 0 Å². The fraction of sp³-hybridized carbons (Fsp3) is 0.500. The Kier molecular flexibility index (Phi) is 3.21. The van der Waals surface area contributed by atoms with Gasteiger partial charge in [0.25, 0.3) is 0 Å². The summed E-state index contributed by atoms with van der Waals surface area (Å²) < 4.78 is 18.9. The van der Waals surface area contributed by atoms with E-state index in [1.165, 1.54) is 6.07 Å². The van der Waals surface area contributed by atoms with E-state index < -0.39 is 0 Å². The van der Waals surface area contributed by atoms with Crippen LogP contribution in [-0.4, -0.2) is 12.1 Å². The van der Waals surface area contributed by atoms with E-state index in [-0.39, 0.29) is 18.0 Å².